The van der Waals surface area contributed by atoms with Gasteiger partial charge >= 0.3 is 0 Å². The Morgan fingerprint density at radius 1 is 1.19 bits per heavy atom. The Hall–Kier alpha value is -2.56. The van der Waals surface area contributed by atoms with Crippen molar-refractivity contribution in [1.29, 1.82) is 0 Å². The maximum Gasteiger partial charge on any atom is 0.258 e. The zero-order valence-corrected chi connectivity index (χ0v) is 15.1. The first-order chi connectivity index (χ1) is 12.5. The summed E-state index contributed by atoms with van der Waals surface area (Å²) in [4.78, 5) is 12.4. The molecule has 1 aliphatic heterocycles. The third-order valence-electron chi connectivity index (χ3n) is 5.00. The molecule has 2 aromatic carbocycles. The molecule has 0 saturated heterocycles. The van der Waals surface area contributed by atoms with Crippen LogP contribution in [0.5, 0.6) is 11.5 Å². The average molecular weight is 357 g/mol. The lowest BCUT2D eigenvalue weighted by Crippen LogP contribution is -2.45. The van der Waals surface area contributed by atoms with Gasteiger partial charge in [0, 0.05) is 12.0 Å². The molecule has 1 aliphatic rings. The van der Waals surface area contributed by atoms with Crippen molar-refractivity contribution < 1.29 is 18.7 Å². The number of halogens is 1. The van der Waals surface area contributed by atoms with Crippen LogP contribution in [0.15, 0.2) is 48.5 Å². The fourth-order valence-corrected chi connectivity index (χ4v) is 3.35. The second kappa shape index (κ2) is 7.77. The molecule has 1 heterocycles. The van der Waals surface area contributed by atoms with Gasteiger partial charge in [-0.15, -0.1) is 0 Å². The minimum atomic E-state index is -0.337. The van der Waals surface area contributed by atoms with E-state index in [1.54, 1.807) is 0 Å². The van der Waals surface area contributed by atoms with Crippen LogP contribution in [0.3, 0.4) is 0 Å². The Kier molecular flexibility index (Phi) is 5.45. The number of hydrogen-bond acceptors (Lipinski definition) is 3. The molecule has 0 fully saturated rings. The molecule has 0 aromatic heterocycles. The standard InChI is InChI=1S/C21H24FNO3/c1-3-21(4-2)13-18(17-7-5-6-8-19(17)26-21)23-20(24)14-25-16-11-9-15(22)10-12-16/h5-12,18H,3-4,13-14H2,1-2H3,(H,23,24)/t18-/m0/s1. The van der Waals surface area contributed by atoms with E-state index >= 15 is 0 Å². The molecule has 26 heavy (non-hydrogen) atoms. The Labute approximate surface area is 153 Å². The zero-order valence-electron chi connectivity index (χ0n) is 15.1. The molecular formula is C21H24FNO3. The second-order valence-electron chi connectivity index (χ2n) is 6.60. The van der Waals surface area contributed by atoms with Crippen LogP contribution >= 0.6 is 0 Å². The molecule has 0 bridgehead atoms. The van der Waals surface area contributed by atoms with Crippen molar-refractivity contribution in [3.8, 4) is 11.5 Å². The number of carbonyl (C=O) groups is 1. The highest BCUT2D eigenvalue weighted by Crippen LogP contribution is 2.42. The largest absolute Gasteiger partial charge is 0.487 e. The quantitative estimate of drug-likeness (QED) is 0.833. The van der Waals surface area contributed by atoms with Crippen LogP contribution in [-0.4, -0.2) is 18.1 Å². The highest BCUT2D eigenvalue weighted by molar-refractivity contribution is 5.78. The number of fused-ring (bicyclic) bond motifs is 1. The molecule has 4 nitrogen and oxygen atoms in total. The lowest BCUT2D eigenvalue weighted by Gasteiger charge is -2.41. The monoisotopic (exact) mass is 357 g/mol. The van der Waals surface area contributed by atoms with E-state index in [1.807, 2.05) is 24.3 Å². The van der Waals surface area contributed by atoms with Crippen LogP contribution in [-0.2, 0) is 4.79 Å². The SMILES string of the molecule is CCC1(CC)C[C@H](NC(=O)COc2ccc(F)cc2)c2ccccc2O1. The van der Waals surface area contributed by atoms with E-state index in [9.17, 15) is 9.18 Å². The van der Waals surface area contributed by atoms with Crippen molar-refractivity contribution in [3.63, 3.8) is 0 Å². The number of rotatable bonds is 6. The van der Waals surface area contributed by atoms with Gasteiger partial charge in [-0.25, -0.2) is 4.39 Å². The highest BCUT2D eigenvalue weighted by atomic mass is 19.1. The number of ether oxygens (including phenoxy) is 2. The number of nitrogens with one attached hydrogen (secondary N) is 1. The summed E-state index contributed by atoms with van der Waals surface area (Å²) in [5.41, 5.74) is 0.713. The Morgan fingerprint density at radius 2 is 1.88 bits per heavy atom. The molecule has 1 atom stereocenters. The van der Waals surface area contributed by atoms with E-state index in [2.05, 4.69) is 19.2 Å². The van der Waals surface area contributed by atoms with E-state index in [0.717, 1.165) is 30.6 Å². The van der Waals surface area contributed by atoms with Gasteiger partial charge in [0.25, 0.3) is 5.91 Å². The molecule has 0 spiro atoms. The normalized spacial score (nSPS) is 17.7. The molecule has 0 radical (unpaired) electrons. The summed E-state index contributed by atoms with van der Waals surface area (Å²) in [5.74, 6) is 0.741. The fourth-order valence-electron chi connectivity index (χ4n) is 3.35. The molecule has 2 aromatic rings. The zero-order chi connectivity index (χ0) is 18.6. The van der Waals surface area contributed by atoms with Gasteiger partial charge in [0.15, 0.2) is 6.61 Å². The number of benzene rings is 2. The summed E-state index contributed by atoms with van der Waals surface area (Å²) in [5, 5.41) is 3.06. The van der Waals surface area contributed by atoms with Gasteiger partial charge in [0.1, 0.15) is 22.9 Å². The Morgan fingerprint density at radius 3 is 2.58 bits per heavy atom. The third kappa shape index (κ3) is 3.98. The third-order valence-corrected chi connectivity index (χ3v) is 5.00. The number of para-hydroxylation sites is 1. The van der Waals surface area contributed by atoms with Crippen molar-refractivity contribution in [3.05, 3.63) is 59.9 Å². The minimum absolute atomic E-state index is 0.115. The van der Waals surface area contributed by atoms with Gasteiger partial charge in [-0.1, -0.05) is 32.0 Å². The van der Waals surface area contributed by atoms with Crippen LogP contribution in [0.25, 0.3) is 0 Å². The summed E-state index contributed by atoms with van der Waals surface area (Å²) >= 11 is 0. The summed E-state index contributed by atoms with van der Waals surface area (Å²) < 4.78 is 24.6. The summed E-state index contributed by atoms with van der Waals surface area (Å²) in [6.45, 7) is 4.10. The molecule has 1 amide bonds. The number of hydrogen-bond donors (Lipinski definition) is 1. The van der Waals surface area contributed by atoms with Crippen molar-refractivity contribution in [2.45, 2.75) is 44.8 Å². The fraction of sp³-hybridized carbons (Fsp3) is 0.381. The van der Waals surface area contributed by atoms with Crippen molar-refractivity contribution in [2.24, 2.45) is 0 Å². The van der Waals surface area contributed by atoms with Gasteiger partial charge in [-0.2, -0.15) is 0 Å². The second-order valence-corrected chi connectivity index (χ2v) is 6.60. The predicted molar refractivity (Wildman–Crippen MR) is 97.8 cm³/mol. The topological polar surface area (TPSA) is 47.6 Å². The van der Waals surface area contributed by atoms with Crippen molar-refractivity contribution in [1.82, 2.24) is 5.32 Å². The van der Waals surface area contributed by atoms with Crippen LogP contribution in [0, 0.1) is 5.82 Å². The summed E-state index contributed by atoms with van der Waals surface area (Å²) in [7, 11) is 0. The molecule has 3 rings (SSSR count). The lowest BCUT2D eigenvalue weighted by molar-refractivity contribution is -0.124. The van der Waals surface area contributed by atoms with Crippen molar-refractivity contribution >= 4 is 5.91 Å². The average Bonchev–Trinajstić information content (AvgIpc) is 2.67. The first-order valence-electron chi connectivity index (χ1n) is 9.01. The smallest absolute Gasteiger partial charge is 0.258 e. The molecule has 1 N–H and O–H groups in total. The molecule has 0 aliphatic carbocycles. The minimum Gasteiger partial charge on any atom is -0.487 e. The maximum absolute atomic E-state index is 12.9. The van der Waals surface area contributed by atoms with Gasteiger partial charge in [0.2, 0.25) is 0 Å². The van der Waals surface area contributed by atoms with E-state index in [1.165, 1.54) is 24.3 Å². The van der Waals surface area contributed by atoms with Crippen LogP contribution in [0.1, 0.15) is 44.7 Å². The lowest BCUT2D eigenvalue weighted by atomic mass is 9.83. The van der Waals surface area contributed by atoms with E-state index in [-0.39, 0.29) is 30.0 Å². The highest BCUT2D eigenvalue weighted by Gasteiger charge is 2.38. The van der Waals surface area contributed by atoms with Gasteiger partial charge in [-0.05, 0) is 43.2 Å². The number of amides is 1. The first-order valence-corrected chi connectivity index (χ1v) is 9.01. The van der Waals surface area contributed by atoms with Crippen LogP contribution in [0.4, 0.5) is 4.39 Å². The summed E-state index contributed by atoms with van der Waals surface area (Å²) in [6.07, 6.45) is 2.46. The maximum atomic E-state index is 12.9. The Balaban J connectivity index is 1.69. The first kappa shape index (κ1) is 18.2. The molecular weight excluding hydrogens is 333 g/mol. The van der Waals surface area contributed by atoms with Gasteiger partial charge < -0.3 is 14.8 Å². The van der Waals surface area contributed by atoms with Crippen LogP contribution < -0.4 is 14.8 Å². The van der Waals surface area contributed by atoms with Gasteiger partial charge in [0.05, 0.1) is 6.04 Å². The molecule has 0 saturated carbocycles. The number of carbonyl (C=O) groups excluding carboxylic acids is 1. The summed E-state index contributed by atoms with van der Waals surface area (Å²) in [6, 6.07) is 13.3. The molecule has 5 heteroatoms. The molecule has 0 unspecified atom stereocenters. The van der Waals surface area contributed by atoms with Crippen molar-refractivity contribution in [2.75, 3.05) is 6.61 Å². The Bertz CT molecular complexity index is 756. The molecule has 138 valence electrons. The van der Waals surface area contributed by atoms with Crippen LogP contribution in [0.2, 0.25) is 0 Å². The van der Waals surface area contributed by atoms with E-state index in [0.29, 0.717) is 5.75 Å². The van der Waals surface area contributed by atoms with E-state index in [4.69, 9.17) is 9.47 Å². The predicted octanol–water partition coefficient (Wildman–Crippen LogP) is 4.40. The van der Waals surface area contributed by atoms with E-state index < -0.39 is 0 Å². The van der Waals surface area contributed by atoms with Gasteiger partial charge in [-0.3, -0.25) is 4.79 Å².